The summed E-state index contributed by atoms with van der Waals surface area (Å²) < 4.78 is 7.55. The number of guanidine groups is 1. The lowest BCUT2D eigenvalue weighted by Crippen LogP contribution is -2.63. The predicted molar refractivity (Wildman–Crippen MR) is 109 cm³/mol. The van der Waals surface area contributed by atoms with E-state index in [0.29, 0.717) is 18.7 Å². The quantitative estimate of drug-likeness (QED) is 0.407. The van der Waals surface area contributed by atoms with Gasteiger partial charge in [0.25, 0.3) is 0 Å². The van der Waals surface area contributed by atoms with Gasteiger partial charge >= 0.3 is 0 Å². The molecule has 2 aromatic heterocycles. The number of nitrogens with zero attached hydrogens (tertiary/aromatic N) is 3. The van der Waals surface area contributed by atoms with Gasteiger partial charge in [-0.15, -0.1) is 35.3 Å². The zero-order valence-corrected chi connectivity index (χ0v) is 17.7. The Labute approximate surface area is 164 Å². The fraction of sp³-hybridized carbons (Fsp3) is 0.625. The van der Waals surface area contributed by atoms with Crippen LogP contribution in [0.25, 0.3) is 4.96 Å². The molecule has 134 valence electrons. The Morgan fingerprint density at radius 1 is 1.54 bits per heavy atom. The molecule has 3 rings (SSSR count). The number of aliphatic imine (C=N–C) groups is 1. The third kappa shape index (κ3) is 3.85. The van der Waals surface area contributed by atoms with Gasteiger partial charge in [0.05, 0.1) is 18.3 Å². The second-order valence-corrected chi connectivity index (χ2v) is 7.37. The molecule has 8 heteroatoms. The molecule has 2 N–H and O–H groups in total. The second kappa shape index (κ2) is 8.01. The standard InChI is InChI=1S/C16H25N5OS.HI/c1-5-17-14(20-12-8-13(22-4)16(12,2)3)18-9-11-10-21-6-7-23-15(21)19-11;/h6-7,10,12-13H,5,8-9H2,1-4H3,(H2,17,18,20);1H. The highest BCUT2D eigenvalue weighted by Gasteiger charge is 2.48. The van der Waals surface area contributed by atoms with Gasteiger partial charge < -0.3 is 15.4 Å². The molecule has 24 heavy (non-hydrogen) atoms. The van der Waals surface area contributed by atoms with E-state index >= 15 is 0 Å². The molecule has 0 saturated heterocycles. The zero-order chi connectivity index (χ0) is 16.4. The summed E-state index contributed by atoms with van der Waals surface area (Å²) in [6.07, 6.45) is 5.37. The molecule has 1 aliphatic carbocycles. The Hall–Kier alpha value is -0.870. The van der Waals surface area contributed by atoms with Gasteiger partial charge in [-0.1, -0.05) is 13.8 Å². The first-order chi connectivity index (χ1) is 11.0. The van der Waals surface area contributed by atoms with Gasteiger partial charge in [0, 0.05) is 42.9 Å². The van der Waals surface area contributed by atoms with Crippen LogP contribution >= 0.6 is 35.3 Å². The van der Waals surface area contributed by atoms with Crippen molar-refractivity contribution in [2.45, 2.75) is 45.9 Å². The minimum Gasteiger partial charge on any atom is -0.381 e. The van der Waals surface area contributed by atoms with E-state index in [0.717, 1.165) is 29.6 Å². The van der Waals surface area contributed by atoms with E-state index in [-0.39, 0.29) is 29.4 Å². The molecule has 0 radical (unpaired) electrons. The van der Waals surface area contributed by atoms with E-state index < -0.39 is 0 Å². The summed E-state index contributed by atoms with van der Waals surface area (Å²) in [6.45, 7) is 7.95. The SMILES string of the molecule is CCNC(=NCc1cn2ccsc2n1)NC1CC(OC)C1(C)C.I. The number of ether oxygens (including phenoxy) is 1. The topological polar surface area (TPSA) is 63.0 Å². The van der Waals surface area contributed by atoms with Gasteiger partial charge in [-0.2, -0.15) is 0 Å². The first-order valence-electron chi connectivity index (χ1n) is 8.03. The number of methoxy groups -OCH3 is 1. The largest absolute Gasteiger partial charge is 0.381 e. The summed E-state index contributed by atoms with van der Waals surface area (Å²) in [4.78, 5) is 10.3. The van der Waals surface area contributed by atoms with Crippen LogP contribution in [0.15, 0.2) is 22.8 Å². The first-order valence-corrected chi connectivity index (χ1v) is 8.91. The molecule has 1 aliphatic rings. The molecule has 1 fully saturated rings. The second-order valence-electron chi connectivity index (χ2n) is 6.50. The molecule has 2 heterocycles. The maximum Gasteiger partial charge on any atom is 0.193 e. The van der Waals surface area contributed by atoms with Crippen molar-refractivity contribution in [3.8, 4) is 0 Å². The number of aromatic nitrogens is 2. The number of hydrogen-bond donors (Lipinski definition) is 2. The normalized spacial score (nSPS) is 22.8. The zero-order valence-electron chi connectivity index (χ0n) is 14.6. The maximum absolute atomic E-state index is 5.52. The predicted octanol–water partition coefficient (Wildman–Crippen LogP) is 2.88. The van der Waals surface area contributed by atoms with Crippen molar-refractivity contribution in [1.82, 2.24) is 20.0 Å². The van der Waals surface area contributed by atoms with E-state index in [1.54, 1.807) is 18.4 Å². The van der Waals surface area contributed by atoms with E-state index in [2.05, 4.69) is 41.4 Å². The summed E-state index contributed by atoms with van der Waals surface area (Å²) in [5.41, 5.74) is 1.10. The van der Waals surface area contributed by atoms with Crippen LogP contribution in [0, 0.1) is 5.41 Å². The van der Waals surface area contributed by atoms with Crippen molar-refractivity contribution >= 4 is 46.2 Å². The maximum atomic E-state index is 5.52. The fourth-order valence-electron chi connectivity index (χ4n) is 3.03. The lowest BCUT2D eigenvalue weighted by molar-refractivity contribution is -0.0922. The van der Waals surface area contributed by atoms with Crippen molar-refractivity contribution in [2.24, 2.45) is 10.4 Å². The lowest BCUT2D eigenvalue weighted by atomic mass is 9.64. The van der Waals surface area contributed by atoms with Gasteiger partial charge in [0.2, 0.25) is 0 Å². The molecular formula is C16H26IN5OS. The van der Waals surface area contributed by atoms with Crippen LogP contribution < -0.4 is 10.6 Å². The smallest absolute Gasteiger partial charge is 0.193 e. The fourth-order valence-corrected chi connectivity index (χ4v) is 3.75. The van der Waals surface area contributed by atoms with Crippen LogP contribution in [0.2, 0.25) is 0 Å². The van der Waals surface area contributed by atoms with Crippen molar-refractivity contribution in [3.63, 3.8) is 0 Å². The lowest BCUT2D eigenvalue weighted by Gasteiger charge is -2.51. The van der Waals surface area contributed by atoms with Gasteiger partial charge in [-0.3, -0.25) is 4.40 Å². The van der Waals surface area contributed by atoms with Crippen LogP contribution in [0.3, 0.4) is 0 Å². The van der Waals surface area contributed by atoms with Crippen molar-refractivity contribution in [1.29, 1.82) is 0 Å². The van der Waals surface area contributed by atoms with Crippen LogP contribution in [-0.4, -0.2) is 41.1 Å². The minimum absolute atomic E-state index is 0. The Kier molecular flexibility index (Phi) is 6.49. The monoisotopic (exact) mass is 463 g/mol. The average molecular weight is 463 g/mol. The van der Waals surface area contributed by atoms with Gasteiger partial charge in [-0.25, -0.2) is 9.98 Å². The number of imidazole rings is 1. The molecule has 2 aromatic rings. The number of thiazole rings is 1. The summed E-state index contributed by atoms with van der Waals surface area (Å²) >= 11 is 1.64. The van der Waals surface area contributed by atoms with Gasteiger partial charge in [0.15, 0.2) is 10.9 Å². The van der Waals surface area contributed by atoms with E-state index in [1.807, 2.05) is 22.2 Å². The van der Waals surface area contributed by atoms with Crippen molar-refractivity contribution in [3.05, 3.63) is 23.5 Å². The van der Waals surface area contributed by atoms with Gasteiger partial charge in [0.1, 0.15) is 0 Å². The number of fused-ring (bicyclic) bond motifs is 1. The van der Waals surface area contributed by atoms with Crippen LogP contribution in [0.5, 0.6) is 0 Å². The van der Waals surface area contributed by atoms with Crippen LogP contribution in [0.1, 0.15) is 32.9 Å². The van der Waals surface area contributed by atoms with Crippen LogP contribution in [-0.2, 0) is 11.3 Å². The highest BCUT2D eigenvalue weighted by Crippen LogP contribution is 2.42. The molecule has 2 unspecified atom stereocenters. The summed E-state index contributed by atoms with van der Waals surface area (Å²) in [5, 5.41) is 8.88. The molecule has 0 amide bonds. The van der Waals surface area contributed by atoms with Gasteiger partial charge in [-0.05, 0) is 13.3 Å². The molecule has 6 nitrogen and oxygen atoms in total. The summed E-state index contributed by atoms with van der Waals surface area (Å²) in [5.74, 6) is 0.844. The minimum atomic E-state index is 0. The van der Waals surface area contributed by atoms with Crippen LogP contribution in [0.4, 0.5) is 0 Å². The van der Waals surface area contributed by atoms with E-state index in [9.17, 15) is 0 Å². The Balaban J connectivity index is 0.00000208. The Bertz CT molecular complexity index is 667. The molecule has 0 aromatic carbocycles. The van der Waals surface area contributed by atoms with Crippen molar-refractivity contribution in [2.75, 3.05) is 13.7 Å². The Morgan fingerprint density at radius 3 is 2.96 bits per heavy atom. The number of rotatable bonds is 5. The average Bonchev–Trinajstić information content (AvgIpc) is 3.09. The van der Waals surface area contributed by atoms with E-state index in [1.165, 1.54) is 0 Å². The van der Waals surface area contributed by atoms with Crippen molar-refractivity contribution < 1.29 is 4.74 Å². The molecule has 0 aliphatic heterocycles. The number of hydrogen-bond acceptors (Lipinski definition) is 4. The third-order valence-corrected chi connectivity index (χ3v) is 5.43. The summed E-state index contributed by atoms with van der Waals surface area (Å²) in [7, 11) is 1.78. The highest BCUT2D eigenvalue weighted by molar-refractivity contribution is 14.0. The molecule has 0 bridgehead atoms. The molecular weight excluding hydrogens is 437 g/mol. The highest BCUT2D eigenvalue weighted by atomic mass is 127. The number of halogens is 1. The molecule has 0 spiro atoms. The third-order valence-electron chi connectivity index (χ3n) is 4.66. The molecule has 1 saturated carbocycles. The molecule has 2 atom stereocenters. The first kappa shape index (κ1) is 19.5. The Morgan fingerprint density at radius 2 is 2.33 bits per heavy atom. The summed E-state index contributed by atoms with van der Waals surface area (Å²) in [6, 6.07) is 0.371. The number of nitrogens with one attached hydrogen (secondary N) is 2. The van der Waals surface area contributed by atoms with E-state index in [4.69, 9.17) is 4.74 Å².